The summed E-state index contributed by atoms with van der Waals surface area (Å²) in [7, 11) is 0. The molecule has 0 aromatic heterocycles. The molecule has 120 valence electrons. The van der Waals surface area contributed by atoms with E-state index in [1.807, 2.05) is 0 Å². The molecule has 2 aliphatic rings. The molecule has 2 aromatic rings. The first kappa shape index (κ1) is 16.2. The Morgan fingerprint density at radius 3 is 1.54 bits per heavy atom. The molecule has 0 saturated carbocycles. The Labute approximate surface area is 153 Å². The van der Waals surface area contributed by atoms with E-state index in [1.165, 1.54) is 22.3 Å². The summed E-state index contributed by atoms with van der Waals surface area (Å²) < 4.78 is 3.07. The van der Waals surface area contributed by atoms with Crippen LogP contribution in [0.1, 0.15) is 57.2 Å². The quantitative estimate of drug-likeness (QED) is 0.577. The van der Waals surface area contributed by atoms with Crippen LogP contribution in [0.3, 0.4) is 0 Å². The number of rotatable bonds is 2. The van der Waals surface area contributed by atoms with Crippen LogP contribution in [-0.2, 0) is 21.3 Å². The molecule has 2 aromatic carbocycles. The third-order valence-corrected chi connectivity index (χ3v) is 14.0. The Morgan fingerprint density at radius 2 is 1.12 bits per heavy atom. The second kappa shape index (κ2) is 6.19. The van der Waals surface area contributed by atoms with Crippen molar-refractivity contribution < 1.29 is 21.3 Å². The van der Waals surface area contributed by atoms with Crippen LogP contribution in [0.15, 0.2) is 60.7 Å². The fourth-order valence-electron chi connectivity index (χ4n) is 4.44. The molecule has 0 bridgehead atoms. The molecular formula is C23H24Zr. The molecule has 24 heavy (non-hydrogen) atoms. The third-order valence-electron chi connectivity index (χ3n) is 5.52. The van der Waals surface area contributed by atoms with E-state index < -0.39 is 21.3 Å². The van der Waals surface area contributed by atoms with E-state index in [-0.39, 0.29) is 0 Å². The van der Waals surface area contributed by atoms with E-state index in [0.29, 0.717) is 7.25 Å². The first-order valence-electron chi connectivity index (χ1n) is 8.80. The summed E-state index contributed by atoms with van der Waals surface area (Å²) in [6, 6.07) is 18.1. The Morgan fingerprint density at radius 1 is 0.708 bits per heavy atom. The van der Waals surface area contributed by atoms with Gasteiger partial charge in [-0.05, 0) is 0 Å². The van der Waals surface area contributed by atoms with E-state index in [2.05, 4.69) is 88.4 Å². The summed E-state index contributed by atoms with van der Waals surface area (Å²) >= 11 is -1.91. The van der Waals surface area contributed by atoms with Crippen molar-refractivity contribution in [3.63, 3.8) is 0 Å². The zero-order valence-electron chi connectivity index (χ0n) is 14.9. The first-order chi connectivity index (χ1) is 11.6. The van der Waals surface area contributed by atoms with Crippen LogP contribution in [0.25, 0.3) is 11.1 Å². The van der Waals surface area contributed by atoms with E-state index in [0.717, 1.165) is 0 Å². The van der Waals surface area contributed by atoms with E-state index in [4.69, 9.17) is 0 Å². The van der Waals surface area contributed by atoms with Crippen LogP contribution in [0, 0.1) is 0 Å². The van der Waals surface area contributed by atoms with Gasteiger partial charge in [0.2, 0.25) is 0 Å². The molecule has 0 heterocycles. The molecule has 0 spiro atoms. The predicted molar refractivity (Wildman–Crippen MR) is 102 cm³/mol. The molecule has 0 nitrogen and oxygen atoms in total. The van der Waals surface area contributed by atoms with Gasteiger partial charge in [0.1, 0.15) is 0 Å². The van der Waals surface area contributed by atoms with Gasteiger partial charge in [0, 0.05) is 0 Å². The summed E-state index contributed by atoms with van der Waals surface area (Å²) in [5, 5.41) is 0. The average Bonchev–Trinajstić information content (AvgIpc) is 3.08. The first-order valence-corrected chi connectivity index (χ1v) is 12.9. The van der Waals surface area contributed by atoms with Gasteiger partial charge in [0.15, 0.2) is 0 Å². The maximum absolute atomic E-state index is 2.58. The molecule has 0 radical (unpaired) electrons. The monoisotopic (exact) mass is 390 g/mol. The SMILES string of the molecule is CC1=C[CH]([Zr](=[C](C)C)[CH]2C=C(C)c3ccccc32)c2ccccc21. The molecule has 4 rings (SSSR count). The maximum atomic E-state index is 2.58. The Bertz CT molecular complexity index is 838. The van der Waals surface area contributed by atoms with Crippen molar-refractivity contribution in [2.45, 2.75) is 34.9 Å². The fraction of sp³-hybridized carbons (Fsp3) is 0.261. The number of allylic oxidation sites excluding steroid dienone is 4. The Balaban J connectivity index is 1.87. The number of hydrogen-bond donors (Lipinski definition) is 0. The minimum absolute atomic E-state index is 0.675. The van der Waals surface area contributed by atoms with Gasteiger partial charge in [0.05, 0.1) is 0 Å². The normalized spacial score (nSPS) is 21.0. The molecular weight excluding hydrogens is 367 g/mol. The van der Waals surface area contributed by atoms with E-state index >= 15 is 0 Å². The van der Waals surface area contributed by atoms with Gasteiger partial charge in [-0.3, -0.25) is 0 Å². The van der Waals surface area contributed by atoms with Crippen LogP contribution in [-0.4, -0.2) is 3.21 Å². The fourth-order valence-corrected chi connectivity index (χ4v) is 13.4. The van der Waals surface area contributed by atoms with E-state index in [1.54, 1.807) is 14.3 Å². The summed E-state index contributed by atoms with van der Waals surface area (Å²) in [4.78, 5) is 0. The van der Waals surface area contributed by atoms with Crippen LogP contribution >= 0.6 is 0 Å². The van der Waals surface area contributed by atoms with Gasteiger partial charge in [-0.2, -0.15) is 0 Å². The summed E-state index contributed by atoms with van der Waals surface area (Å²) in [5.41, 5.74) is 9.08. The van der Waals surface area contributed by atoms with Crippen molar-refractivity contribution in [1.82, 2.24) is 0 Å². The Hall–Kier alpha value is -1.33. The minimum atomic E-state index is -1.91. The zero-order chi connectivity index (χ0) is 16.8. The number of fused-ring (bicyclic) bond motifs is 2. The number of benzene rings is 2. The predicted octanol–water partition coefficient (Wildman–Crippen LogP) is 6.13. The standard InChI is InChI=1S/2C10H9.C3H6.Zr/c2*1-8-6-7-9-4-2-3-5-10(8)9;1-3-2;/h2*2-7H,1H3;1-2H3;. The third kappa shape index (κ3) is 2.49. The molecule has 2 aliphatic carbocycles. The molecule has 0 aliphatic heterocycles. The molecule has 0 fully saturated rings. The van der Waals surface area contributed by atoms with Gasteiger partial charge in [-0.1, -0.05) is 0 Å². The van der Waals surface area contributed by atoms with Crippen molar-refractivity contribution in [2.24, 2.45) is 0 Å². The van der Waals surface area contributed by atoms with Gasteiger partial charge < -0.3 is 0 Å². The Kier molecular flexibility index (Phi) is 4.17. The molecule has 2 unspecified atom stereocenters. The van der Waals surface area contributed by atoms with Crippen molar-refractivity contribution in [1.29, 1.82) is 0 Å². The zero-order valence-corrected chi connectivity index (χ0v) is 17.4. The molecule has 0 amide bonds. The average molecular weight is 392 g/mol. The van der Waals surface area contributed by atoms with Crippen LogP contribution < -0.4 is 0 Å². The molecule has 2 atom stereocenters. The van der Waals surface area contributed by atoms with Gasteiger partial charge in [-0.15, -0.1) is 0 Å². The van der Waals surface area contributed by atoms with Crippen LogP contribution in [0.4, 0.5) is 0 Å². The second-order valence-electron chi connectivity index (χ2n) is 7.28. The van der Waals surface area contributed by atoms with Gasteiger partial charge >= 0.3 is 154 Å². The van der Waals surface area contributed by atoms with Crippen LogP contribution in [0.5, 0.6) is 0 Å². The summed E-state index contributed by atoms with van der Waals surface area (Å²) in [6.45, 7) is 9.36. The van der Waals surface area contributed by atoms with Crippen molar-refractivity contribution >= 4 is 14.4 Å². The van der Waals surface area contributed by atoms with Crippen molar-refractivity contribution in [3.8, 4) is 0 Å². The molecule has 1 heteroatoms. The topological polar surface area (TPSA) is 0 Å². The van der Waals surface area contributed by atoms with Crippen molar-refractivity contribution in [3.05, 3.63) is 82.9 Å². The van der Waals surface area contributed by atoms with E-state index in [9.17, 15) is 0 Å². The summed E-state index contributed by atoms with van der Waals surface area (Å²) in [6.07, 6.45) is 5.16. The second-order valence-corrected chi connectivity index (χ2v) is 15.0. The van der Waals surface area contributed by atoms with Gasteiger partial charge in [0.25, 0.3) is 0 Å². The number of hydrogen-bond acceptors (Lipinski definition) is 0. The summed E-state index contributed by atoms with van der Waals surface area (Å²) in [5.74, 6) is 0. The van der Waals surface area contributed by atoms with Crippen molar-refractivity contribution in [2.75, 3.05) is 0 Å². The molecule has 0 saturated heterocycles. The molecule has 0 N–H and O–H groups in total. The van der Waals surface area contributed by atoms with Gasteiger partial charge in [-0.25, -0.2) is 0 Å². The van der Waals surface area contributed by atoms with Crippen LogP contribution in [0.2, 0.25) is 0 Å².